The number of likely N-dealkylation sites (N-methyl/N-ethyl adjacent to an activating group) is 2. The van der Waals surface area contributed by atoms with E-state index in [-0.39, 0.29) is 6.04 Å². The summed E-state index contributed by atoms with van der Waals surface area (Å²) < 4.78 is 0. The lowest BCUT2D eigenvalue weighted by Gasteiger charge is -2.32. The standard InChI is InChI=1S/C16H26N2O/c1-12-6-7-14(13(2)10-12)16(19)15-11-17(3)8-5-9-18(15)4/h6-7,10,15-16,19H,5,8-9,11H2,1-4H3. The summed E-state index contributed by atoms with van der Waals surface area (Å²) >= 11 is 0. The van der Waals surface area contributed by atoms with Crippen molar-refractivity contribution in [2.75, 3.05) is 33.7 Å². The molecule has 2 rings (SSSR count). The van der Waals surface area contributed by atoms with Gasteiger partial charge in [-0.05, 0) is 58.6 Å². The lowest BCUT2D eigenvalue weighted by molar-refractivity contribution is 0.0568. The third-order valence-electron chi connectivity index (χ3n) is 4.22. The zero-order valence-corrected chi connectivity index (χ0v) is 12.6. The smallest absolute Gasteiger partial charge is 0.0960 e. The Labute approximate surface area is 116 Å². The van der Waals surface area contributed by atoms with E-state index in [0.29, 0.717) is 0 Å². The Balaban J connectivity index is 2.23. The van der Waals surface area contributed by atoms with Crippen LogP contribution < -0.4 is 0 Å². The molecule has 0 aromatic heterocycles. The summed E-state index contributed by atoms with van der Waals surface area (Å²) in [6, 6.07) is 6.49. The van der Waals surface area contributed by atoms with Gasteiger partial charge >= 0.3 is 0 Å². The maximum absolute atomic E-state index is 10.8. The molecule has 0 saturated carbocycles. The second-order valence-corrected chi connectivity index (χ2v) is 5.97. The number of hydrogen-bond donors (Lipinski definition) is 1. The topological polar surface area (TPSA) is 26.7 Å². The van der Waals surface area contributed by atoms with Crippen molar-refractivity contribution in [3.63, 3.8) is 0 Å². The van der Waals surface area contributed by atoms with Gasteiger partial charge in [-0.1, -0.05) is 23.8 Å². The maximum atomic E-state index is 10.8. The molecule has 1 aromatic carbocycles. The van der Waals surface area contributed by atoms with Gasteiger partial charge in [-0.25, -0.2) is 0 Å². The first-order valence-electron chi connectivity index (χ1n) is 7.13. The highest BCUT2D eigenvalue weighted by molar-refractivity contribution is 5.32. The molecule has 3 nitrogen and oxygen atoms in total. The Morgan fingerprint density at radius 1 is 1.21 bits per heavy atom. The van der Waals surface area contributed by atoms with Crippen molar-refractivity contribution in [2.45, 2.75) is 32.4 Å². The Hall–Kier alpha value is -0.900. The van der Waals surface area contributed by atoms with Crippen LogP contribution in [-0.4, -0.2) is 54.7 Å². The lowest BCUT2D eigenvalue weighted by Crippen LogP contribution is -2.42. The predicted molar refractivity (Wildman–Crippen MR) is 79.4 cm³/mol. The van der Waals surface area contributed by atoms with Crippen LogP contribution in [0.4, 0.5) is 0 Å². The Bertz CT molecular complexity index is 433. The first-order valence-corrected chi connectivity index (χ1v) is 7.13. The zero-order chi connectivity index (χ0) is 14.0. The van der Waals surface area contributed by atoms with Gasteiger partial charge in [-0.2, -0.15) is 0 Å². The van der Waals surface area contributed by atoms with Crippen molar-refractivity contribution >= 4 is 0 Å². The monoisotopic (exact) mass is 262 g/mol. The van der Waals surface area contributed by atoms with Gasteiger partial charge in [-0.3, -0.25) is 4.90 Å². The molecular formula is C16H26N2O. The fraction of sp³-hybridized carbons (Fsp3) is 0.625. The van der Waals surface area contributed by atoms with Crippen molar-refractivity contribution in [3.8, 4) is 0 Å². The fourth-order valence-electron chi connectivity index (χ4n) is 3.01. The summed E-state index contributed by atoms with van der Waals surface area (Å²) in [7, 11) is 4.26. The number of aliphatic hydroxyl groups excluding tert-OH is 1. The van der Waals surface area contributed by atoms with Crippen LogP contribution in [0.15, 0.2) is 18.2 Å². The van der Waals surface area contributed by atoms with E-state index in [1.54, 1.807) is 0 Å². The molecule has 1 heterocycles. The molecule has 106 valence electrons. The Morgan fingerprint density at radius 3 is 2.63 bits per heavy atom. The van der Waals surface area contributed by atoms with Gasteiger partial charge in [0.05, 0.1) is 12.1 Å². The van der Waals surface area contributed by atoms with Gasteiger partial charge in [0.2, 0.25) is 0 Å². The highest BCUT2D eigenvalue weighted by atomic mass is 16.3. The normalized spacial score (nSPS) is 24.2. The van der Waals surface area contributed by atoms with Crippen molar-refractivity contribution in [1.29, 1.82) is 0 Å². The Kier molecular flexibility index (Phi) is 4.61. The van der Waals surface area contributed by atoms with Gasteiger partial charge in [0.15, 0.2) is 0 Å². The van der Waals surface area contributed by atoms with E-state index in [4.69, 9.17) is 0 Å². The van der Waals surface area contributed by atoms with E-state index in [0.717, 1.165) is 25.2 Å². The van der Waals surface area contributed by atoms with E-state index >= 15 is 0 Å². The molecule has 1 saturated heterocycles. The number of aliphatic hydroxyl groups is 1. The first-order chi connectivity index (χ1) is 8.99. The largest absolute Gasteiger partial charge is 0.387 e. The molecule has 19 heavy (non-hydrogen) atoms. The number of hydrogen-bond acceptors (Lipinski definition) is 3. The minimum Gasteiger partial charge on any atom is -0.387 e. The summed E-state index contributed by atoms with van der Waals surface area (Å²) in [5, 5.41) is 10.8. The van der Waals surface area contributed by atoms with Crippen LogP contribution in [0.3, 0.4) is 0 Å². The lowest BCUT2D eigenvalue weighted by atomic mass is 9.95. The van der Waals surface area contributed by atoms with E-state index < -0.39 is 6.10 Å². The molecule has 0 bridgehead atoms. The van der Waals surface area contributed by atoms with E-state index in [2.05, 4.69) is 55.9 Å². The zero-order valence-electron chi connectivity index (χ0n) is 12.6. The fourth-order valence-corrected chi connectivity index (χ4v) is 3.01. The summed E-state index contributed by atoms with van der Waals surface area (Å²) in [6.45, 7) is 7.27. The third kappa shape index (κ3) is 3.35. The summed E-state index contributed by atoms with van der Waals surface area (Å²) in [5.41, 5.74) is 3.50. The van der Waals surface area contributed by atoms with Crippen molar-refractivity contribution in [2.24, 2.45) is 0 Å². The van der Waals surface area contributed by atoms with Crippen LogP contribution in [0.25, 0.3) is 0 Å². The minimum atomic E-state index is -0.411. The van der Waals surface area contributed by atoms with Crippen LogP contribution in [0, 0.1) is 13.8 Å². The Morgan fingerprint density at radius 2 is 1.95 bits per heavy atom. The molecule has 2 unspecified atom stereocenters. The van der Waals surface area contributed by atoms with E-state index in [9.17, 15) is 5.11 Å². The third-order valence-corrected chi connectivity index (χ3v) is 4.22. The van der Waals surface area contributed by atoms with E-state index in [1.807, 2.05) is 0 Å². The maximum Gasteiger partial charge on any atom is 0.0960 e. The van der Waals surface area contributed by atoms with Crippen molar-refractivity contribution in [3.05, 3.63) is 34.9 Å². The number of benzene rings is 1. The minimum absolute atomic E-state index is 0.175. The molecule has 3 heteroatoms. The molecule has 0 spiro atoms. The molecule has 1 aliphatic rings. The van der Waals surface area contributed by atoms with Crippen LogP contribution in [0.2, 0.25) is 0 Å². The molecule has 0 aliphatic carbocycles. The summed E-state index contributed by atoms with van der Waals surface area (Å²) in [4.78, 5) is 4.62. The van der Waals surface area contributed by atoms with Gasteiger partial charge in [0.1, 0.15) is 0 Å². The quantitative estimate of drug-likeness (QED) is 0.883. The molecule has 1 aliphatic heterocycles. The van der Waals surface area contributed by atoms with Crippen molar-refractivity contribution in [1.82, 2.24) is 9.80 Å². The van der Waals surface area contributed by atoms with Crippen LogP contribution in [-0.2, 0) is 0 Å². The molecule has 1 fully saturated rings. The van der Waals surface area contributed by atoms with Gasteiger partial charge in [0.25, 0.3) is 0 Å². The molecule has 1 aromatic rings. The second kappa shape index (κ2) is 6.04. The highest BCUT2D eigenvalue weighted by Gasteiger charge is 2.28. The average molecular weight is 262 g/mol. The molecule has 0 radical (unpaired) electrons. The molecule has 0 amide bonds. The van der Waals surface area contributed by atoms with Gasteiger partial charge in [0, 0.05) is 6.54 Å². The van der Waals surface area contributed by atoms with Crippen LogP contribution in [0.1, 0.15) is 29.2 Å². The second-order valence-electron chi connectivity index (χ2n) is 5.97. The highest BCUT2D eigenvalue weighted by Crippen LogP contribution is 2.26. The molecular weight excluding hydrogens is 236 g/mol. The number of aryl methyl sites for hydroxylation is 2. The summed E-state index contributed by atoms with van der Waals surface area (Å²) in [5.74, 6) is 0. The van der Waals surface area contributed by atoms with E-state index in [1.165, 1.54) is 17.5 Å². The van der Waals surface area contributed by atoms with Crippen LogP contribution in [0.5, 0.6) is 0 Å². The SMILES string of the molecule is Cc1ccc(C(O)C2CN(C)CCCN2C)c(C)c1. The van der Waals surface area contributed by atoms with Gasteiger partial charge in [-0.15, -0.1) is 0 Å². The number of nitrogens with zero attached hydrogens (tertiary/aromatic N) is 2. The average Bonchev–Trinajstić information content (AvgIpc) is 2.50. The van der Waals surface area contributed by atoms with Crippen molar-refractivity contribution < 1.29 is 5.11 Å². The van der Waals surface area contributed by atoms with Crippen LogP contribution >= 0.6 is 0 Å². The molecule has 1 N–H and O–H groups in total. The summed E-state index contributed by atoms with van der Waals surface area (Å²) in [6.07, 6.45) is 0.759. The number of rotatable bonds is 2. The first kappa shape index (κ1) is 14.5. The molecule has 2 atom stereocenters. The predicted octanol–water partition coefficient (Wildman–Crippen LogP) is 1.97. The van der Waals surface area contributed by atoms with Gasteiger partial charge < -0.3 is 10.0 Å².